The van der Waals surface area contributed by atoms with Gasteiger partial charge < -0.3 is 0 Å². The molecule has 0 unspecified atom stereocenters. The Bertz CT molecular complexity index is 113. The Hall–Kier alpha value is -0.260. The Balaban J connectivity index is 2.96. The van der Waals surface area contributed by atoms with Gasteiger partial charge in [-0.1, -0.05) is 64.5 Å². The van der Waals surface area contributed by atoms with Gasteiger partial charge in [0.15, 0.2) is 0 Å². The molecule has 0 heteroatoms. The van der Waals surface area contributed by atoms with Crippen molar-refractivity contribution in [2.24, 2.45) is 0 Å². The van der Waals surface area contributed by atoms with Gasteiger partial charge in [0.05, 0.1) is 0 Å². The van der Waals surface area contributed by atoms with Gasteiger partial charge in [0.25, 0.3) is 0 Å². The highest BCUT2D eigenvalue weighted by atomic mass is 13.9. The first-order valence-electron chi connectivity index (χ1n) is 6.36. The number of allylic oxidation sites excluding steroid dienone is 2. The molecule has 0 fully saturated rings. The fourth-order valence-corrected chi connectivity index (χ4v) is 1.54. The molecule has 0 aliphatic carbocycles. The number of unbranched alkanes of at least 4 members (excludes halogenated alkanes) is 8. The van der Waals surface area contributed by atoms with Crippen molar-refractivity contribution in [1.82, 2.24) is 0 Å². The Morgan fingerprint density at radius 2 is 1.36 bits per heavy atom. The third-order valence-electron chi connectivity index (χ3n) is 2.51. The summed E-state index contributed by atoms with van der Waals surface area (Å²) in [6.07, 6.45) is 17.9. The van der Waals surface area contributed by atoms with Crippen LogP contribution in [0.15, 0.2) is 12.2 Å². The molecule has 0 spiro atoms. The Morgan fingerprint density at radius 1 is 0.786 bits per heavy atom. The highest BCUT2D eigenvalue weighted by molar-refractivity contribution is 4.81. The van der Waals surface area contributed by atoms with E-state index in [1.54, 1.807) is 0 Å². The van der Waals surface area contributed by atoms with E-state index in [2.05, 4.69) is 26.0 Å². The van der Waals surface area contributed by atoms with Crippen molar-refractivity contribution in [2.45, 2.75) is 71.1 Å². The summed E-state index contributed by atoms with van der Waals surface area (Å²) in [5.41, 5.74) is 0. The third kappa shape index (κ3) is 11.7. The van der Waals surface area contributed by atoms with Gasteiger partial charge in [-0.3, -0.25) is 0 Å². The molecule has 0 aromatic rings. The summed E-state index contributed by atoms with van der Waals surface area (Å²) < 4.78 is 0. The second kappa shape index (κ2) is 12.7. The summed E-state index contributed by atoms with van der Waals surface area (Å²) in [4.78, 5) is 0. The predicted octanol–water partition coefficient (Wildman–Crippen LogP) is 5.30. The van der Waals surface area contributed by atoms with Crippen molar-refractivity contribution in [1.29, 1.82) is 0 Å². The molecule has 0 nitrogen and oxygen atoms in total. The molecule has 0 N–H and O–H groups in total. The molecule has 0 saturated carbocycles. The van der Waals surface area contributed by atoms with Crippen LogP contribution in [0.3, 0.4) is 0 Å². The zero-order valence-corrected chi connectivity index (χ0v) is 9.93. The van der Waals surface area contributed by atoms with E-state index in [4.69, 9.17) is 0 Å². The highest BCUT2D eigenvalue weighted by Crippen LogP contribution is 2.06. The first kappa shape index (κ1) is 13.7. The van der Waals surface area contributed by atoms with Gasteiger partial charge in [0, 0.05) is 0 Å². The second-order valence-corrected chi connectivity index (χ2v) is 4.02. The largest absolute Gasteiger partial charge is 0.0885 e. The number of hydrogen-bond donors (Lipinski definition) is 0. The fourth-order valence-electron chi connectivity index (χ4n) is 1.54. The van der Waals surface area contributed by atoms with Crippen molar-refractivity contribution < 1.29 is 0 Å². The maximum atomic E-state index is 3.84. The van der Waals surface area contributed by atoms with Gasteiger partial charge in [0.2, 0.25) is 0 Å². The summed E-state index contributed by atoms with van der Waals surface area (Å²) in [5.74, 6) is 0. The van der Waals surface area contributed by atoms with E-state index in [1.807, 2.05) is 0 Å². The Morgan fingerprint density at radius 3 is 1.93 bits per heavy atom. The number of rotatable bonds is 10. The smallest absolute Gasteiger partial charge is 0.0351 e. The minimum Gasteiger partial charge on any atom is -0.0885 e. The summed E-state index contributed by atoms with van der Waals surface area (Å²) in [6, 6.07) is 0. The minimum absolute atomic E-state index is 1.09. The van der Waals surface area contributed by atoms with Gasteiger partial charge >= 0.3 is 0 Å². The fraction of sp³-hybridized carbons (Fsp3) is 0.786. The van der Waals surface area contributed by atoms with E-state index in [0.29, 0.717) is 0 Å². The second-order valence-electron chi connectivity index (χ2n) is 4.02. The zero-order chi connectivity index (χ0) is 10.5. The standard InChI is InChI=1S/C14H27/c1-3-5-7-9-11-13-14-12-10-8-6-4-2/h11,13H,1,3-10,12,14H2,2H3/b13-11-. The molecule has 0 heterocycles. The van der Waals surface area contributed by atoms with Crippen LogP contribution in [0, 0.1) is 6.92 Å². The van der Waals surface area contributed by atoms with Crippen LogP contribution in [-0.2, 0) is 0 Å². The van der Waals surface area contributed by atoms with E-state index >= 15 is 0 Å². The first-order chi connectivity index (χ1) is 6.91. The maximum Gasteiger partial charge on any atom is -0.0351 e. The normalized spacial score (nSPS) is 11.3. The van der Waals surface area contributed by atoms with Crippen LogP contribution in [-0.4, -0.2) is 0 Å². The lowest BCUT2D eigenvalue weighted by molar-refractivity contribution is 0.636. The predicted molar refractivity (Wildman–Crippen MR) is 66.3 cm³/mol. The molecule has 0 bridgehead atoms. The van der Waals surface area contributed by atoms with Gasteiger partial charge in [-0.05, 0) is 25.7 Å². The summed E-state index contributed by atoms with van der Waals surface area (Å²) >= 11 is 0. The van der Waals surface area contributed by atoms with Crippen LogP contribution < -0.4 is 0 Å². The molecule has 0 aromatic heterocycles. The molecule has 0 saturated heterocycles. The lowest BCUT2D eigenvalue weighted by atomic mass is 10.1. The number of hydrogen-bond acceptors (Lipinski definition) is 0. The third-order valence-corrected chi connectivity index (χ3v) is 2.51. The van der Waals surface area contributed by atoms with E-state index in [0.717, 1.165) is 6.42 Å². The molecule has 0 aliphatic heterocycles. The molecular formula is C14H27. The minimum atomic E-state index is 1.09. The molecule has 0 amide bonds. The van der Waals surface area contributed by atoms with E-state index < -0.39 is 0 Å². The van der Waals surface area contributed by atoms with Crippen LogP contribution in [0.1, 0.15) is 71.1 Å². The lowest BCUT2D eigenvalue weighted by Crippen LogP contribution is -1.76. The average Bonchev–Trinajstić information content (AvgIpc) is 2.21. The van der Waals surface area contributed by atoms with Crippen molar-refractivity contribution in [3.63, 3.8) is 0 Å². The Kier molecular flexibility index (Phi) is 12.5. The molecule has 83 valence electrons. The Labute approximate surface area is 90.8 Å². The van der Waals surface area contributed by atoms with Crippen LogP contribution in [0.25, 0.3) is 0 Å². The van der Waals surface area contributed by atoms with Crippen molar-refractivity contribution >= 4 is 0 Å². The summed E-state index contributed by atoms with van der Waals surface area (Å²) in [6.45, 7) is 6.10. The SMILES string of the molecule is [CH2]CCCC/C=C\CCCCCCC. The van der Waals surface area contributed by atoms with Crippen molar-refractivity contribution in [2.75, 3.05) is 0 Å². The van der Waals surface area contributed by atoms with Crippen LogP contribution in [0.2, 0.25) is 0 Å². The van der Waals surface area contributed by atoms with Crippen LogP contribution in [0.4, 0.5) is 0 Å². The zero-order valence-electron chi connectivity index (χ0n) is 9.93. The first-order valence-corrected chi connectivity index (χ1v) is 6.36. The maximum absolute atomic E-state index is 3.84. The van der Waals surface area contributed by atoms with E-state index in [9.17, 15) is 0 Å². The van der Waals surface area contributed by atoms with Gasteiger partial charge in [0.1, 0.15) is 0 Å². The molecule has 1 radical (unpaired) electrons. The van der Waals surface area contributed by atoms with Gasteiger partial charge in [-0.2, -0.15) is 0 Å². The summed E-state index contributed by atoms with van der Waals surface area (Å²) in [7, 11) is 0. The van der Waals surface area contributed by atoms with Crippen molar-refractivity contribution in [3.8, 4) is 0 Å². The molecule has 0 aliphatic rings. The molecule has 0 rings (SSSR count). The molecule has 0 aromatic carbocycles. The molecule has 0 atom stereocenters. The molecule has 14 heavy (non-hydrogen) atoms. The highest BCUT2D eigenvalue weighted by Gasteiger charge is 1.86. The topological polar surface area (TPSA) is 0 Å². The van der Waals surface area contributed by atoms with Crippen LogP contribution >= 0.6 is 0 Å². The van der Waals surface area contributed by atoms with Gasteiger partial charge in [-0.25, -0.2) is 0 Å². The molecular weight excluding hydrogens is 168 g/mol. The average molecular weight is 195 g/mol. The van der Waals surface area contributed by atoms with Crippen LogP contribution in [0.5, 0.6) is 0 Å². The van der Waals surface area contributed by atoms with E-state index in [1.165, 1.54) is 57.8 Å². The van der Waals surface area contributed by atoms with Crippen molar-refractivity contribution in [3.05, 3.63) is 19.1 Å². The van der Waals surface area contributed by atoms with Gasteiger partial charge in [-0.15, -0.1) is 0 Å². The monoisotopic (exact) mass is 195 g/mol. The van der Waals surface area contributed by atoms with E-state index in [-0.39, 0.29) is 0 Å². The lowest BCUT2D eigenvalue weighted by Gasteiger charge is -1.96. The summed E-state index contributed by atoms with van der Waals surface area (Å²) in [5, 5.41) is 0. The quantitative estimate of drug-likeness (QED) is 0.328.